The summed E-state index contributed by atoms with van der Waals surface area (Å²) in [5.41, 5.74) is 1.74. The highest BCUT2D eigenvalue weighted by atomic mass is 19.4. The van der Waals surface area contributed by atoms with E-state index < -0.39 is 11.9 Å². The monoisotopic (exact) mass is 338 g/mol. The van der Waals surface area contributed by atoms with Gasteiger partial charge in [-0.25, -0.2) is 4.98 Å². The number of nitrogens with one attached hydrogen (secondary N) is 2. The Hall–Kier alpha value is -2.31. The number of hydrogen-bond acceptors (Lipinski definition) is 4. The Kier molecular flexibility index (Phi) is 5.31. The number of anilines is 3. The van der Waals surface area contributed by atoms with Gasteiger partial charge in [0.1, 0.15) is 5.82 Å². The van der Waals surface area contributed by atoms with Crippen molar-refractivity contribution in [2.75, 3.05) is 10.6 Å². The molecule has 0 unspecified atom stereocenters. The molecule has 0 saturated carbocycles. The number of alkyl halides is 3. The summed E-state index contributed by atoms with van der Waals surface area (Å²) in [6.45, 7) is 7.64. The molecule has 0 fully saturated rings. The Morgan fingerprint density at radius 3 is 2.21 bits per heavy atom. The molecule has 4 nitrogen and oxygen atoms in total. The fourth-order valence-corrected chi connectivity index (χ4v) is 2.24. The molecule has 0 bridgehead atoms. The highest BCUT2D eigenvalue weighted by Crippen LogP contribution is 2.30. The van der Waals surface area contributed by atoms with Crippen molar-refractivity contribution >= 4 is 17.5 Å². The summed E-state index contributed by atoms with van der Waals surface area (Å²) in [5, 5.41) is 5.83. The van der Waals surface area contributed by atoms with Gasteiger partial charge in [0.25, 0.3) is 0 Å². The van der Waals surface area contributed by atoms with E-state index in [9.17, 15) is 13.2 Å². The first-order valence-corrected chi connectivity index (χ1v) is 7.75. The van der Waals surface area contributed by atoms with Gasteiger partial charge >= 0.3 is 6.18 Å². The van der Waals surface area contributed by atoms with Crippen LogP contribution in [0.5, 0.6) is 0 Å². The van der Waals surface area contributed by atoms with Crippen molar-refractivity contribution in [2.24, 2.45) is 0 Å². The molecule has 1 aromatic heterocycles. The molecule has 0 saturated heterocycles. The van der Waals surface area contributed by atoms with Gasteiger partial charge in [0.15, 0.2) is 5.69 Å². The van der Waals surface area contributed by atoms with Crippen LogP contribution in [0.2, 0.25) is 0 Å². The lowest BCUT2D eigenvalue weighted by Gasteiger charge is -2.16. The van der Waals surface area contributed by atoms with Gasteiger partial charge in [-0.3, -0.25) is 0 Å². The predicted octanol–water partition coefficient (Wildman–Crippen LogP) is 5.07. The third-order valence-electron chi connectivity index (χ3n) is 3.50. The van der Waals surface area contributed by atoms with Gasteiger partial charge in [-0.15, -0.1) is 0 Å². The van der Waals surface area contributed by atoms with Gasteiger partial charge in [-0.1, -0.05) is 13.0 Å². The molecular weight excluding hydrogens is 317 g/mol. The lowest BCUT2D eigenvalue weighted by Crippen LogP contribution is -2.18. The summed E-state index contributed by atoms with van der Waals surface area (Å²) in [6, 6.07) is 6.58. The second-order valence-electron chi connectivity index (χ2n) is 5.91. The number of halogens is 3. The Morgan fingerprint density at radius 1 is 1.04 bits per heavy atom. The molecular formula is C17H21F3N4. The Balaban J connectivity index is 2.38. The Morgan fingerprint density at radius 2 is 1.67 bits per heavy atom. The predicted molar refractivity (Wildman–Crippen MR) is 89.6 cm³/mol. The molecule has 2 N–H and O–H groups in total. The molecule has 0 spiro atoms. The lowest BCUT2D eigenvalue weighted by molar-refractivity contribution is -0.141. The molecule has 0 aliphatic rings. The number of benzene rings is 1. The normalized spacial score (nSPS) is 12.8. The van der Waals surface area contributed by atoms with Crippen LogP contribution in [-0.4, -0.2) is 16.0 Å². The number of aromatic nitrogens is 2. The summed E-state index contributed by atoms with van der Waals surface area (Å²) >= 11 is 0. The van der Waals surface area contributed by atoms with Gasteiger partial charge < -0.3 is 10.6 Å². The standard InChI is InChI=1S/C17H21F3N4/c1-5-12(4)21-16-23-14(17(18,19)20)9-15(24-16)22-13-7-10(2)6-11(3)8-13/h6-9,12H,5H2,1-4H3,(H2,21,22,23,24)/t12-/m0/s1. The van der Waals surface area contributed by atoms with E-state index in [1.54, 1.807) is 0 Å². The van der Waals surface area contributed by atoms with Crippen LogP contribution in [-0.2, 0) is 6.18 Å². The number of nitrogens with zero attached hydrogens (tertiary/aromatic N) is 2. The van der Waals surface area contributed by atoms with Gasteiger partial charge in [-0.2, -0.15) is 18.2 Å². The molecule has 0 amide bonds. The maximum absolute atomic E-state index is 13.1. The minimum absolute atomic E-state index is 0.0254. The molecule has 2 rings (SSSR count). The fourth-order valence-electron chi connectivity index (χ4n) is 2.24. The van der Waals surface area contributed by atoms with Crippen LogP contribution < -0.4 is 10.6 Å². The van der Waals surface area contributed by atoms with Gasteiger partial charge in [0, 0.05) is 17.8 Å². The molecule has 1 aromatic carbocycles. The van der Waals surface area contributed by atoms with Crippen LogP contribution in [0.15, 0.2) is 24.3 Å². The Labute approximate surface area is 139 Å². The van der Waals surface area contributed by atoms with Crippen molar-refractivity contribution in [1.29, 1.82) is 0 Å². The van der Waals surface area contributed by atoms with E-state index >= 15 is 0 Å². The van der Waals surface area contributed by atoms with Crippen LogP contribution in [0.1, 0.15) is 37.1 Å². The molecule has 1 atom stereocenters. The summed E-state index contributed by atoms with van der Waals surface area (Å²) in [5.74, 6) is 0.0687. The van der Waals surface area contributed by atoms with Crippen molar-refractivity contribution in [3.05, 3.63) is 41.1 Å². The molecule has 2 aromatic rings. The minimum Gasteiger partial charge on any atom is -0.352 e. The average Bonchev–Trinajstić information content (AvgIpc) is 2.44. The molecule has 0 radical (unpaired) electrons. The van der Waals surface area contributed by atoms with Crippen LogP contribution >= 0.6 is 0 Å². The SMILES string of the molecule is CC[C@H](C)Nc1nc(Nc2cc(C)cc(C)c2)cc(C(F)(F)F)n1. The van der Waals surface area contributed by atoms with E-state index in [1.165, 1.54) is 0 Å². The zero-order valence-electron chi connectivity index (χ0n) is 14.1. The topological polar surface area (TPSA) is 49.8 Å². The van der Waals surface area contributed by atoms with E-state index in [1.807, 2.05) is 45.9 Å². The second-order valence-corrected chi connectivity index (χ2v) is 5.91. The van der Waals surface area contributed by atoms with Gasteiger partial charge in [-0.05, 0) is 50.5 Å². The second kappa shape index (κ2) is 7.07. The van der Waals surface area contributed by atoms with Crippen molar-refractivity contribution in [1.82, 2.24) is 9.97 Å². The number of hydrogen-bond donors (Lipinski definition) is 2. The molecule has 24 heavy (non-hydrogen) atoms. The van der Waals surface area contributed by atoms with Gasteiger partial charge in [0.05, 0.1) is 0 Å². The van der Waals surface area contributed by atoms with E-state index in [4.69, 9.17) is 0 Å². The summed E-state index contributed by atoms with van der Waals surface area (Å²) in [4.78, 5) is 7.74. The van der Waals surface area contributed by atoms with Crippen LogP contribution in [0.4, 0.5) is 30.6 Å². The number of rotatable bonds is 5. The highest BCUT2D eigenvalue weighted by Gasteiger charge is 2.33. The summed E-state index contributed by atoms with van der Waals surface area (Å²) in [7, 11) is 0. The number of aryl methyl sites for hydroxylation is 2. The molecule has 1 heterocycles. The van der Waals surface area contributed by atoms with Crippen LogP contribution in [0.3, 0.4) is 0 Å². The van der Waals surface area contributed by atoms with Gasteiger partial charge in [0.2, 0.25) is 5.95 Å². The summed E-state index contributed by atoms with van der Waals surface area (Å²) in [6.07, 6.45) is -3.78. The Bertz CT molecular complexity index is 693. The van der Waals surface area contributed by atoms with E-state index in [-0.39, 0.29) is 17.8 Å². The van der Waals surface area contributed by atoms with Crippen molar-refractivity contribution in [3.8, 4) is 0 Å². The molecule has 0 aliphatic carbocycles. The quantitative estimate of drug-likeness (QED) is 0.799. The first-order valence-electron chi connectivity index (χ1n) is 7.75. The van der Waals surface area contributed by atoms with Crippen molar-refractivity contribution < 1.29 is 13.2 Å². The van der Waals surface area contributed by atoms with Crippen LogP contribution in [0.25, 0.3) is 0 Å². The largest absolute Gasteiger partial charge is 0.433 e. The highest BCUT2D eigenvalue weighted by molar-refractivity contribution is 5.59. The van der Waals surface area contributed by atoms with Crippen LogP contribution in [0, 0.1) is 13.8 Å². The zero-order chi connectivity index (χ0) is 17.9. The first kappa shape index (κ1) is 18.0. The van der Waals surface area contributed by atoms with E-state index in [0.29, 0.717) is 5.69 Å². The molecule has 7 heteroatoms. The average molecular weight is 338 g/mol. The maximum Gasteiger partial charge on any atom is 0.433 e. The zero-order valence-corrected chi connectivity index (χ0v) is 14.1. The van der Waals surface area contributed by atoms with Crippen molar-refractivity contribution in [3.63, 3.8) is 0 Å². The van der Waals surface area contributed by atoms with Crippen molar-refractivity contribution in [2.45, 2.75) is 46.3 Å². The smallest absolute Gasteiger partial charge is 0.352 e. The first-order chi connectivity index (χ1) is 11.2. The minimum atomic E-state index is -4.53. The third kappa shape index (κ3) is 4.84. The molecule has 0 aliphatic heterocycles. The van der Waals surface area contributed by atoms with E-state index in [2.05, 4.69) is 20.6 Å². The third-order valence-corrected chi connectivity index (χ3v) is 3.50. The van der Waals surface area contributed by atoms with E-state index in [0.717, 1.165) is 23.6 Å². The molecule has 130 valence electrons. The lowest BCUT2D eigenvalue weighted by atomic mass is 10.1. The summed E-state index contributed by atoms with van der Waals surface area (Å²) < 4.78 is 39.3. The maximum atomic E-state index is 13.1. The fraction of sp³-hybridized carbons (Fsp3) is 0.412.